The van der Waals surface area contributed by atoms with Gasteiger partial charge in [0.05, 0.1) is 11.3 Å². The van der Waals surface area contributed by atoms with Gasteiger partial charge in [-0.05, 0) is 57.2 Å². The van der Waals surface area contributed by atoms with E-state index in [-0.39, 0.29) is 17.9 Å². The van der Waals surface area contributed by atoms with Crippen LogP contribution in [0.2, 0.25) is 0 Å². The molecule has 0 atom stereocenters. The Morgan fingerprint density at radius 3 is 2.44 bits per heavy atom. The Labute approximate surface area is 210 Å². The van der Waals surface area contributed by atoms with Crippen molar-refractivity contribution in [3.8, 4) is 11.4 Å². The summed E-state index contributed by atoms with van der Waals surface area (Å²) in [7, 11) is 0. The highest BCUT2D eigenvalue weighted by Crippen LogP contribution is 2.25. The minimum Gasteiger partial charge on any atom is -0.360 e. The molecule has 36 heavy (non-hydrogen) atoms. The number of aromatic nitrogens is 4. The normalized spacial score (nSPS) is 17.8. The largest absolute Gasteiger partial charge is 0.360 e. The van der Waals surface area contributed by atoms with E-state index in [1.165, 1.54) is 6.33 Å². The summed E-state index contributed by atoms with van der Waals surface area (Å²) in [6.45, 7) is 7.05. The number of aryl methyl sites for hydroxylation is 2. The molecule has 10 heteroatoms. The second kappa shape index (κ2) is 10.5. The molecule has 0 aliphatic carbocycles. The van der Waals surface area contributed by atoms with Gasteiger partial charge in [-0.2, -0.15) is 0 Å². The molecule has 2 amide bonds. The number of nitrogens with zero attached hydrogens (tertiary/aromatic N) is 6. The number of amides is 2. The Hall–Kier alpha value is -3.66. The first-order chi connectivity index (χ1) is 17.5. The molecular formula is C26H31N7O3. The van der Waals surface area contributed by atoms with Gasteiger partial charge in [0.15, 0.2) is 0 Å². The maximum absolute atomic E-state index is 13.1. The Kier molecular flexibility index (Phi) is 7.04. The number of rotatable bonds is 5. The van der Waals surface area contributed by atoms with Crippen molar-refractivity contribution >= 4 is 11.8 Å². The molecule has 2 fully saturated rings. The van der Waals surface area contributed by atoms with Crippen LogP contribution in [0.25, 0.3) is 11.4 Å². The standard InChI is InChI=1S/C26H31N7O3/c1-17-3-9-27-15-21(17)26(35)33-13-7-20(8-14-33)32-11-5-19(6-12-32)30-25(34)23-18(2)36-31-24(23)22-4-10-28-16-29-22/h3-4,9-10,15-16,19-20H,5-8,11-14H2,1-2H3,(H,30,34). The highest BCUT2D eigenvalue weighted by atomic mass is 16.5. The van der Waals surface area contributed by atoms with Gasteiger partial charge in [-0.25, -0.2) is 9.97 Å². The molecule has 188 valence electrons. The molecule has 10 nitrogen and oxygen atoms in total. The van der Waals surface area contributed by atoms with Gasteiger partial charge in [0, 0.05) is 56.9 Å². The summed E-state index contributed by atoms with van der Waals surface area (Å²) in [6, 6.07) is 4.15. The molecule has 1 N–H and O–H groups in total. The van der Waals surface area contributed by atoms with Crippen LogP contribution >= 0.6 is 0 Å². The molecule has 3 aromatic heterocycles. The molecule has 0 unspecified atom stereocenters. The summed E-state index contributed by atoms with van der Waals surface area (Å²) in [5.41, 5.74) is 3.08. The highest BCUT2D eigenvalue weighted by Gasteiger charge is 2.32. The zero-order valence-corrected chi connectivity index (χ0v) is 20.7. The average molecular weight is 490 g/mol. The van der Waals surface area contributed by atoms with Crippen molar-refractivity contribution in [2.24, 2.45) is 0 Å². The lowest BCUT2D eigenvalue weighted by atomic mass is 9.97. The van der Waals surface area contributed by atoms with Crippen LogP contribution in [0.3, 0.4) is 0 Å². The molecule has 0 saturated carbocycles. The van der Waals surface area contributed by atoms with E-state index in [1.807, 2.05) is 17.9 Å². The van der Waals surface area contributed by atoms with Gasteiger partial charge in [-0.15, -0.1) is 0 Å². The summed E-state index contributed by atoms with van der Waals surface area (Å²) in [5, 5.41) is 7.22. The van der Waals surface area contributed by atoms with Crippen molar-refractivity contribution < 1.29 is 14.1 Å². The van der Waals surface area contributed by atoms with Crippen LogP contribution in [-0.4, -0.2) is 80.0 Å². The van der Waals surface area contributed by atoms with Gasteiger partial charge in [0.25, 0.3) is 11.8 Å². The molecule has 0 bridgehead atoms. The Morgan fingerprint density at radius 1 is 1.00 bits per heavy atom. The van der Waals surface area contributed by atoms with Crippen molar-refractivity contribution in [1.29, 1.82) is 0 Å². The SMILES string of the molecule is Cc1ccncc1C(=O)N1CCC(N2CCC(NC(=O)c3c(-c4ccncn4)noc3C)CC2)CC1. The molecule has 0 aromatic carbocycles. The number of carbonyl (C=O) groups is 2. The minimum absolute atomic E-state index is 0.0748. The van der Waals surface area contributed by atoms with Crippen molar-refractivity contribution in [3.05, 3.63) is 59.5 Å². The van der Waals surface area contributed by atoms with E-state index >= 15 is 0 Å². The lowest BCUT2D eigenvalue weighted by molar-refractivity contribution is 0.0565. The van der Waals surface area contributed by atoms with E-state index in [2.05, 4.69) is 30.3 Å². The third-order valence-electron chi connectivity index (χ3n) is 7.32. The van der Waals surface area contributed by atoms with Crippen molar-refractivity contribution in [3.63, 3.8) is 0 Å². The molecule has 0 radical (unpaired) electrons. The molecule has 0 spiro atoms. The van der Waals surface area contributed by atoms with Crippen LogP contribution in [0.15, 0.2) is 41.6 Å². The molecule has 3 aromatic rings. The van der Waals surface area contributed by atoms with E-state index < -0.39 is 0 Å². The summed E-state index contributed by atoms with van der Waals surface area (Å²) in [5.74, 6) is 0.366. The maximum Gasteiger partial charge on any atom is 0.257 e. The van der Waals surface area contributed by atoms with Crippen LogP contribution in [0, 0.1) is 13.8 Å². The summed E-state index contributed by atoms with van der Waals surface area (Å²) >= 11 is 0. The smallest absolute Gasteiger partial charge is 0.257 e. The monoisotopic (exact) mass is 489 g/mol. The molecular weight excluding hydrogens is 458 g/mol. The fourth-order valence-electron chi connectivity index (χ4n) is 5.20. The number of piperidine rings is 2. The molecule has 5 heterocycles. The lowest BCUT2D eigenvalue weighted by Gasteiger charge is -2.42. The Bertz CT molecular complexity index is 1210. The third kappa shape index (κ3) is 4.99. The fraction of sp³-hybridized carbons (Fsp3) is 0.462. The summed E-state index contributed by atoms with van der Waals surface area (Å²) < 4.78 is 5.31. The molecule has 2 aliphatic heterocycles. The number of pyridine rings is 1. The van der Waals surface area contributed by atoms with Crippen LogP contribution in [-0.2, 0) is 0 Å². The predicted molar refractivity (Wildman–Crippen MR) is 132 cm³/mol. The van der Waals surface area contributed by atoms with Crippen molar-refractivity contribution in [2.45, 2.75) is 51.6 Å². The molecule has 2 saturated heterocycles. The quantitative estimate of drug-likeness (QED) is 0.581. The average Bonchev–Trinajstić information content (AvgIpc) is 3.31. The number of likely N-dealkylation sites (tertiary alicyclic amines) is 2. The van der Waals surface area contributed by atoms with Gasteiger partial charge in [0.2, 0.25) is 0 Å². The number of hydrogen-bond donors (Lipinski definition) is 1. The van der Waals surface area contributed by atoms with Gasteiger partial charge in [0.1, 0.15) is 23.3 Å². The predicted octanol–water partition coefficient (Wildman–Crippen LogP) is 2.64. The van der Waals surface area contributed by atoms with Gasteiger partial charge in [-0.3, -0.25) is 14.6 Å². The minimum atomic E-state index is -0.182. The first-order valence-electron chi connectivity index (χ1n) is 12.5. The van der Waals surface area contributed by atoms with E-state index in [0.29, 0.717) is 34.3 Å². The maximum atomic E-state index is 13.1. The van der Waals surface area contributed by atoms with Crippen LogP contribution in [0.5, 0.6) is 0 Å². The summed E-state index contributed by atoms with van der Waals surface area (Å²) in [6.07, 6.45) is 10.1. The van der Waals surface area contributed by atoms with Gasteiger partial charge >= 0.3 is 0 Å². The van der Waals surface area contributed by atoms with Crippen molar-refractivity contribution in [1.82, 2.24) is 35.2 Å². The third-order valence-corrected chi connectivity index (χ3v) is 7.32. The lowest BCUT2D eigenvalue weighted by Crippen LogP contribution is -2.51. The van der Waals surface area contributed by atoms with E-state index in [0.717, 1.165) is 57.4 Å². The van der Waals surface area contributed by atoms with E-state index in [9.17, 15) is 9.59 Å². The zero-order valence-electron chi connectivity index (χ0n) is 20.7. The van der Waals surface area contributed by atoms with E-state index in [1.54, 1.807) is 31.6 Å². The van der Waals surface area contributed by atoms with Crippen LogP contribution in [0.4, 0.5) is 0 Å². The second-order valence-electron chi connectivity index (χ2n) is 9.55. The Morgan fingerprint density at radius 2 is 1.75 bits per heavy atom. The van der Waals surface area contributed by atoms with Crippen LogP contribution < -0.4 is 5.32 Å². The Balaban J connectivity index is 1.12. The van der Waals surface area contributed by atoms with Gasteiger partial charge < -0.3 is 19.6 Å². The first-order valence-corrected chi connectivity index (χ1v) is 12.5. The van der Waals surface area contributed by atoms with Crippen molar-refractivity contribution in [2.75, 3.05) is 26.2 Å². The number of carbonyl (C=O) groups excluding carboxylic acids is 2. The highest BCUT2D eigenvalue weighted by molar-refractivity contribution is 6.00. The number of hydrogen-bond acceptors (Lipinski definition) is 8. The van der Waals surface area contributed by atoms with Crippen LogP contribution in [0.1, 0.15) is 57.7 Å². The fourth-order valence-corrected chi connectivity index (χ4v) is 5.20. The zero-order chi connectivity index (χ0) is 25.1. The van der Waals surface area contributed by atoms with E-state index in [4.69, 9.17) is 4.52 Å². The molecule has 2 aliphatic rings. The number of nitrogens with one attached hydrogen (secondary N) is 1. The summed E-state index contributed by atoms with van der Waals surface area (Å²) in [4.78, 5) is 42.7. The topological polar surface area (TPSA) is 117 Å². The van der Waals surface area contributed by atoms with Gasteiger partial charge in [-0.1, -0.05) is 5.16 Å². The second-order valence-corrected chi connectivity index (χ2v) is 9.55. The molecule has 5 rings (SSSR count). The first kappa shape index (κ1) is 24.1.